The highest BCUT2D eigenvalue weighted by Crippen LogP contribution is 2.63. The van der Waals surface area contributed by atoms with Crippen molar-refractivity contribution in [1.29, 1.82) is 5.26 Å². The summed E-state index contributed by atoms with van der Waals surface area (Å²) in [6.45, 7) is 0.506. The van der Waals surface area contributed by atoms with Gasteiger partial charge in [-0.15, -0.1) is 0 Å². The molecule has 8 heteroatoms. The maximum absolute atomic E-state index is 12.3. The van der Waals surface area contributed by atoms with E-state index in [4.69, 9.17) is 11.0 Å². The maximum atomic E-state index is 12.3. The number of carboxylic acid groups (broad SMARTS) is 1. The number of likely N-dealkylation sites (N-methyl/N-ethyl adjacent to an activating group) is 1. The first-order valence-corrected chi connectivity index (χ1v) is 11.2. The van der Waals surface area contributed by atoms with Gasteiger partial charge in [0.2, 0.25) is 5.91 Å². The van der Waals surface area contributed by atoms with Gasteiger partial charge in [-0.25, -0.2) is 9.78 Å². The van der Waals surface area contributed by atoms with E-state index < -0.39 is 6.09 Å². The number of carbonyl (C=O) groups excluding carboxylic acids is 1. The van der Waals surface area contributed by atoms with Crippen molar-refractivity contribution < 1.29 is 14.7 Å². The van der Waals surface area contributed by atoms with E-state index in [9.17, 15) is 14.7 Å². The van der Waals surface area contributed by atoms with Crippen molar-refractivity contribution in [3.63, 3.8) is 0 Å². The summed E-state index contributed by atoms with van der Waals surface area (Å²) in [5.41, 5.74) is 5.98. The number of primary amides is 1. The van der Waals surface area contributed by atoms with E-state index in [0.29, 0.717) is 29.9 Å². The minimum atomic E-state index is -0.868. The van der Waals surface area contributed by atoms with Crippen LogP contribution in [0, 0.1) is 40.4 Å². The van der Waals surface area contributed by atoms with Crippen molar-refractivity contribution in [3.05, 3.63) is 23.9 Å². The van der Waals surface area contributed by atoms with E-state index in [1.807, 2.05) is 13.1 Å². The SMILES string of the molecule is CN(c1ccc(C#N)cn1)C1CCN(C(=O)O)C1C1C2CC3C[C@H]1C[C@@](C(N)=O)(C3)C2. The zero-order chi connectivity index (χ0) is 21.9. The Labute approximate surface area is 182 Å². The van der Waals surface area contributed by atoms with Crippen LogP contribution in [0.3, 0.4) is 0 Å². The molecule has 5 fully saturated rings. The van der Waals surface area contributed by atoms with Crippen molar-refractivity contribution in [3.8, 4) is 6.07 Å². The fraction of sp³-hybridized carbons (Fsp3) is 0.652. The molecule has 4 aliphatic carbocycles. The van der Waals surface area contributed by atoms with E-state index >= 15 is 0 Å². The molecule has 3 N–H and O–H groups in total. The van der Waals surface area contributed by atoms with Gasteiger partial charge in [0.1, 0.15) is 11.9 Å². The van der Waals surface area contributed by atoms with Gasteiger partial charge in [-0.05, 0) is 74.3 Å². The Morgan fingerprint density at radius 1 is 1.29 bits per heavy atom. The van der Waals surface area contributed by atoms with Crippen molar-refractivity contribution in [1.82, 2.24) is 9.88 Å². The molecule has 164 valence electrons. The van der Waals surface area contributed by atoms with Gasteiger partial charge in [0.15, 0.2) is 0 Å². The summed E-state index contributed by atoms with van der Waals surface area (Å²) in [6, 6.07) is 5.56. The van der Waals surface area contributed by atoms with E-state index in [-0.39, 0.29) is 29.3 Å². The Hall–Kier alpha value is -2.82. The number of hydrogen-bond donors (Lipinski definition) is 2. The number of nitrogens with zero attached hydrogens (tertiary/aromatic N) is 4. The molecule has 2 amide bonds. The molecule has 0 radical (unpaired) electrons. The van der Waals surface area contributed by atoms with Crippen LogP contribution >= 0.6 is 0 Å². The lowest BCUT2D eigenvalue weighted by Gasteiger charge is -2.61. The fourth-order valence-corrected chi connectivity index (χ4v) is 7.66. The van der Waals surface area contributed by atoms with Gasteiger partial charge in [-0.2, -0.15) is 5.26 Å². The minimum Gasteiger partial charge on any atom is -0.465 e. The Bertz CT molecular complexity index is 926. The lowest BCUT2D eigenvalue weighted by Crippen LogP contribution is -2.62. The predicted octanol–water partition coefficient (Wildman–Crippen LogP) is 2.44. The Morgan fingerprint density at radius 2 is 2.00 bits per heavy atom. The molecule has 0 aromatic carbocycles. The molecule has 1 aromatic heterocycles. The molecule has 4 bridgehead atoms. The molecule has 5 aliphatic rings. The van der Waals surface area contributed by atoms with E-state index in [0.717, 1.165) is 44.3 Å². The molecule has 6 rings (SSSR count). The first kappa shape index (κ1) is 20.1. The summed E-state index contributed by atoms with van der Waals surface area (Å²) in [4.78, 5) is 32.7. The van der Waals surface area contributed by atoms with Crippen LogP contribution in [0.25, 0.3) is 0 Å². The van der Waals surface area contributed by atoms with Gasteiger partial charge >= 0.3 is 6.09 Å². The molecule has 7 atom stereocenters. The fourth-order valence-electron chi connectivity index (χ4n) is 7.66. The number of hydrogen-bond acceptors (Lipinski definition) is 5. The average molecular weight is 424 g/mol. The molecule has 1 aliphatic heterocycles. The van der Waals surface area contributed by atoms with E-state index in [1.165, 1.54) is 0 Å². The summed E-state index contributed by atoms with van der Waals surface area (Å²) in [5, 5.41) is 19.1. The molecule has 1 aromatic rings. The number of rotatable bonds is 4. The second kappa shape index (κ2) is 7.11. The second-order valence-electron chi connectivity index (χ2n) is 10.1. The zero-order valence-corrected chi connectivity index (χ0v) is 17.8. The third kappa shape index (κ3) is 3.05. The molecule has 31 heavy (non-hydrogen) atoms. The minimum absolute atomic E-state index is 0.0172. The van der Waals surface area contributed by atoms with Crippen LogP contribution in [0.2, 0.25) is 0 Å². The number of aromatic nitrogens is 1. The summed E-state index contributed by atoms with van der Waals surface area (Å²) < 4.78 is 0. The Morgan fingerprint density at radius 3 is 2.55 bits per heavy atom. The zero-order valence-electron chi connectivity index (χ0n) is 17.8. The highest BCUT2D eigenvalue weighted by Gasteiger charge is 2.61. The standard InChI is InChI=1S/C23H29N5O3/c1-27(18-3-2-13(11-24)12-26-18)17-4-5-28(22(30)31)20(17)19-15-6-14-7-16(19)10-23(8-14,9-15)21(25)29/h2-3,12,14-17,19-20H,4-10H2,1H3,(H2,25,29)(H,30,31)/t14?,15-,16?,17?,19?,20?,23-/m0/s1. The lowest BCUT2D eigenvalue weighted by atomic mass is 9.44. The van der Waals surface area contributed by atoms with Crippen molar-refractivity contribution in [2.24, 2.45) is 34.8 Å². The van der Waals surface area contributed by atoms with Gasteiger partial charge in [0.05, 0.1) is 17.6 Å². The largest absolute Gasteiger partial charge is 0.465 e. The molecular weight excluding hydrogens is 394 g/mol. The molecule has 8 nitrogen and oxygen atoms in total. The van der Waals surface area contributed by atoms with Crippen LogP contribution in [-0.4, -0.2) is 52.7 Å². The van der Waals surface area contributed by atoms with Gasteiger partial charge in [0.25, 0.3) is 0 Å². The normalized spacial score (nSPS) is 38.1. The molecule has 5 unspecified atom stereocenters. The van der Waals surface area contributed by atoms with Crippen LogP contribution in [0.15, 0.2) is 18.3 Å². The molecule has 0 spiro atoms. The number of amides is 2. The summed E-state index contributed by atoms with van der Waals surface area (Å²) >= 11 is 0. The maximum Gasteiger partial charge on any atom is 0.407 e. The van der Waals surface area contributed by atoms with Crippen LogP contribution in [0.4, 0.5) is 10.6 Å². The highest BCUT2D eigenvalue weighted by molar-refractivity contribution is 5.81. The molecule has 4 saturated carbocycles. The number of carbonyl (C=O) groups is 2. The number of likely N-dealkylation sites (tertiary alicyclic amines) is 1. The quantitative estimate of drug-likeness (QED) is 0.767. The van der Waals surface area contributed by atoms with Crippen molar-refractivity contribution >= 4 is 17.8 Å². The van der Waals surface area contributed by atoms with Gasteiger partial charge < -0.3 is 20.6 Å². The average Bonchev–Trinajstić information content (AvgIpc) is 3.17. The highest BCUT2D eigenvalue weighted by atomic mass is 16.4. The molecular formula is C23H29N5O3. The summed E-state index contributed by atoms with van der Waals surface area (Å²) in [5.74, 6) is 2.05. The van der Waals surface area contributed by atoms with Crippen LogP contribution in [0.1, 0.15) is 44.1 Å². The first-order chi connectivity index (χ1) is 14.8. The lowest BCUT2D eigenvalue weighted by molar-refractivity contribution is -0.154. The number of anilines is 1. The van der Waals surface area contributed by atoms with Gasteiger partial charge in [-0.1, -0.05) is 0 Å². The second-order valence-corrected chi connectivity index (χ2v) is 10.1. The van der Waals surface area contributed by atoms with Crippen molar-refractivity contribution in [2.75, 3.05) is 18.5 Å². The number of pyridine rings is 1. The Kier molecular flexibility index (Phi) is 4.61. The topological polar surface area (TPSA) is 124 Å². The number of nitrogens with two attached hydrogens (primary N) is 1. The number of nitriles is 1. The third-order valence-corrected chi connectivity index (χ3v) is 8.66. The van der Waals surface area contributed by atoms with E-state index in [2.05, 4.69) is 16.0 Å². The summed E-state index contributed by atoms with van der Waals surface area (Å²) in [7, 11) is 1.97. The molecule has 2 heterocycles. The Balaban J connectivity index is 1.47. The molecule has 1 saturated heterocycles. The van der Waals surface area contributed by atoms with E-state index in [1.54, 1.807) is 17.2 Å². The van der Waals surface area contributed by atoms with Crippen LogP contribution < -0.4 is 10.6 Å². The van der Waals surface area contributed by atoms with Gasteiger partial charge in [-0.3, -0.25) is 4.79 Å². The smallest absolute Gasteiger partial charge is 0.407 e. The van der Waals surface area contributed by atoms with Crippen LogP contribution in [-0.2, 0) is 4.79 Å². The first-order valence-electron chi connectivity index (χ1n) is 11.2. The monoisotopic (exact) mass is 423 g/mol. The predicted molar refractivity (Wildman–Crippen MR) is 113 cm³/mol. The van der Waals surface area contributed by atoms with Gasteiger partial charge in [0, 0.05) is 25.2 Å². The summed E-state index contributed by atoms with van der Waals surface area (Å²) in [6.07, 6.45) is 6.10. The van der Waals surface area contributed by atoms with Crippen molar-refractivity contribution in [2.45, 2.75) is 50.6 Å². The third-order valence-electron chi connectivity index (χ3n) is 8.66. The van der Waals surface area contributed by atoms with Crippen LogP contribution in [0.5, 0.6) is 0 Å².